The molecule has 2 N–H and O–H groups in total. The van der Waals surface area contributed by atoms with E-state index in [0.717, 1.165) is 49.5 Å². The number of amides is 1. The number of piperidine rings is 1. The number of nitrogens with one attached hydrogen (secondary N) is 2. The highest BCUT2D eigenvalue weighted by atomic mass is 19.4. The van der Waals surface area contributed by atoms with Gasteiger partial charge >= 0.3 is 6.18 Å². The van der Waals surface area contributed by atoms with Gasteiger partial charge in [-0.25, -0.2) is 9.97 Å². The van der Waals surface area contributed by atoms with Crippen molar-refractivity contribution in [3.63, 3.8) is 0 Å². The van der Waals surface area contributed by atoms with Crippen molar-refractivity contribution >= 4 is 17.4 Å². The van der Waals surface area contributed by atoms with Gasteiger partial charge in [-0.3, -0.25) is 4.79 Å². The van der Waals surface area contributed by atoms with Crippen molar-refractivity contribution in [1.82, 2.24) is 14.9 Å². The molecule has 3 aromatic rings. The van der Waals surface area contributed by atoms with E-state index in [1.165, 1.54) is 25.0 Å². The van der Waals surface area contributed by atoms with Gasteiger partial charge < -0.3 is 20.3 Å². The number of carbonyl (C=O) groups is 1. The second kappa shape index (κ2) is 12.7. The van der Waals surface area contributed by atoms with Gasteiger partial charge in [-0.1, -0.05) is 6.07 Å². The minimum absolute atomic E-state index is 0.251. The number of likely N-dealkylation sites (tertiary alicyclic amines) is 1. The highest BCUT2D eigenvalue weighted by Gasteiger charge is 2.30. The number of halogens is 3. The Bertz CT molecular complexity index is 1200. The summed E-state index contributed by atoms with van der Waals surface area (Å²) in [5.74, 6) is 1.14. The molecule has 1 aliphatic rings. The van der Waals surface area contributed by atoms with Crippen LogP contribution in [0.3, 0.4) is 0 Å². The summed E-state index contributed by atoms with van der Waals surface area (Å²) in [4.78, 5) is 23.9. The van der Waals surface area contributed by atoms with E-state index < -0.39 is 17.6 Å². The van der Waals surface area contributed by atoms with E-state index in [1.54, 1.807) is 24.5 Å². The molecule has 0 radical (unpaired) electrons. The second-order valence-corrected chi connectivity index (χ2v) is 9.49. The molecule has 2 aromatic heterocycles. The second-order valence-electron chi connectivity index (χ2n) is 9.49. The quantitative estimate of drug-likeness (QED) is 0.322. The summed E-state index contributed by atoms with van der Waals surface area (Å²) in [6.07, 6.45) is 3.36. The van der Waals surface area contributed by atoms with Gasteiger partial charge in [0.15, 0.2) is 0 Å². The molecule has 202 valence electrons. The monoisotopic (exact) mass is 527 g/mol. The van der Waals surface area contributed by atoms with E-state index in [-0.39, 0.29) is 11.3 Å². The van der Waals surface area contributed by atoms with Gasteiger partial charge in [-0.15, -0.1) is 0 Å². The van der Waals surface area contributed by atoms with Crippen molar-refractivity contribution in [2.24, 2.45) is 5.92 Å². The number of hydrogen-bond acceptors (Lipinski definition) is 6. The van der Waals surface area contributed by atoms with Crippen molar-refractivity contribution in [3.8, 4) is 5.88 Å². The first-order valence-corrected chi connectivity index (χ1v) is 12.7. The lowest BCUT2D eigenvalue weighted by Gasteiger charge is -2.28. The number of hydrogen-bond donors (Lipinski definition) is 2. The third-order valence-electron chi connectivity index (χ3n) is 6.65. The molecule has 1 saturated heterocycles. The molecule has 7 nitrogen and oxygen atoms in total. The fraction of sp³-hybridized carbons (Fsp3) is 0.393. The minimum atomic E-state index is -4.44. The zero-order chi connectivity index (χ0) is 27.0. The smallest absolute Gasteiger partial charge is 0.416 e. The Kier molecular flexibility index (Phi) is 9.17. The number of carbonyl (C=O) groups excluding carboxylic acids is 1. The van der Waals surface area contributed by atoms with Crippen LogP contribution in [-0.2, 0) is 12.7 Å². The number of anilines is 2. The Morgan fingerprint density at radius 2 is 1.76 bits per heavy atom. The molecule has 3 heterocycles. The molecular formula is C28H32F3N5O2. The first-order chi connectivity index (χ1) is 18.3. The lowest BCUT2D eigenvalue weighted by molar-refractivity contribution is -0.137. The molecule has 0 saturated carbocycles. The Morgan fingerprint density at radius 3 is 2.50 bits per heavy atom. The van der Waals surface area contributed by atoms with Crippen LogP contribution in [0.4, 0.5) is 24.7 Å². The van der Waals surface area contributed by atoms with Crippen LogP contribution in [0.1, 0.15) is 47.2 Å². The van der Waals surface area contributed by atoms with Crippen molar-refractivity contribution in [2.75, 3.05) is 37.4 Å². The summed E-state index contributed by atoms with van der Waals surface area (Å²) in [5, 5.41) is 5.79. The van der Waals surface area contributed by atoms with E-state index in [0.29, 0.717) is 24.8 Å². The van der Waals surface area contributed by atoms with Gasteiger partial charge in [0.25, 0.3) is 5.91 Å². The van der Waals surface area contributed by atoms with E-state index in [2.05, 4.69) is 32.5 Å². The topological polar surface area (TPSA) is 79.4 Å². The predicted octanol–water partition coefficient (Wildman–Crippen LogP) is 5.86. The van der Waals surface area contributed by atoms with Crippen LogP contribution < -0.4 is 15.4 Å². The minimum Gasteiger partial charge on any atom is -0.477 e. The molecular weight excluding hydrogens is 495 g/mol. The maximum Gasteiger partial charge on any atom is 0.416 e. The summed E-state index contributed by atoms with van der Waals surface area (Å²) in [6, 6.07) is 11.2. The number of pyridine rings is 2. The summed E-state index contributed by atoms with van der Waals surface area (Å²) in [5.41, 5.74) is 0.556. The van der Waals surface area contributed by atoms with E-state index in [1.807, 2.05) is 12.1 Å². The number of alkyl halides is 3. The van der Waals surface area contributed by atoms with Gasteiger partial charge in [0.05, 0.1) is 17.7 Å². The molecule has 0 bridgehead atoms. The van der Waals surface area contributed by atoms with Crippen LogP contribution in [0.5, 0.6) is 5.88 Å². The SMILES string of the molecule is CN1CCC(CCCOc2ncccc2CNc2ncccc2C(=O)Nc2ccc(C(F)(F)F)cc2)CC1. The molecule has 0 spiro atoms. The van der Waals surface area contributed by atoms with Gasteiger partial charge in [-0.2, -0.15) is 13.2 Å². The molecule has 1 aliphatic heterocycles. The third kappa shape index (κ3) is 7.67. The normalized spacial score (nSPS) is 14.7. The van der Waals surface area contributed by atoms with E-state index in [4.69, 9.17) is 4.74 Å². The third-order valence-corrected chi connectivity index (χ3v) is 6.65. The average Bonchev–Trinajstić information content (AvgIpc) is 2.91. The molecule has 0 atom stereocenters. The van der Waals surface area contributed by atoms with Crippen molar-refractivity contribution in [1.29, 1.82) is 0 Å². The van der Waals surface area contributed by atoms with Crippen LogP contribution in [0.25, 0.3) is 0 Å². The zero-order valence-electron chi connectivity index (χ0n) is 21.3. The van der Waals surface area contributed by atoms with Gasteiger partial charge in [-0.05, 0) is 94.2 Å². The van der Waals surface area contributed by atoms with Crippen molar-refractivity contribution < 1.29 is 22.7 Å². The average molecular weight is 528 g/mol. The molecule has 4 rings (SSSR count). The Balaban J connectivity index is 1.32. The number of benzene rings is 1. The Morgan fingerprint density at radius 1 is 1.05 bits per heavy atom. The van der Waals surface area contributed by atoms with E-state index >= 15 is 0 Å². The van der Waals surface area contributed by atoms with Crippen LogP contribution in [0.15, 0.2) is 60.9 Å². The molecule has 0 unspecified atom stereocenters. The fourth-order valence-electron chi connectivity index (χ4n) is 4.43. The highest BCUT2D eigenvalue weighted by Crippen LogP contribution is 2.30. The molecule has 1 amide bonds. The molecule has 10 heteroatoms. The predicted molar refractivity (Wildman–Crippen MR) is 140 cm³/mol. The highest BCUT2D eigenvalue weighted by molar-refractivity contribution is 6.07. The number of rotatable bonds is 10. The van der Waals surface area contributed by atoms with Crippen LogP contribution in [0, 0.1) is 5.92 Å². The van der Waals surface area contributed by atoms with Gasteiger partial charge in [0.1, 0.15) is 5.82 Å². The largest absolute Gasteiger partial charge is 0.477 e. The standard InChI is InChI=1S/C28H32F3N5O2/c1-36-16-12-20(13-17-36)5-4-18-38-27-21(6-2-15-33-27)19-34-25-24(7-3-14-32-25)26(37)35-23-10-8-22(9-11-23)28(29,30)31/h2-3,6-11,14-15,20H,4-5,12-13,16-19H2,1H3,(H,32,34)(H,35,37). The zero-order valence-corrected chi connectivity index (χ0v) is 21.3. The molecule has 38 heavy (non-hydrogen) atoms. The maximum atomic E-state index is 12.9. The van der Waals surface area contributed by atoms with E-state index in [9.17, 15) is 18.0 Å². The van der Waals surface area contributed by atoms with Crippen LogP contribution in [-0.4, -0.2) is 47.5 Å². The van der Waals surface area contributed by atoms with Gasteiger partial charge in [0.2, 0.25) is 5.88 Å². The first kappa shape index (κ1) is 27.4. The number of nitrogens with zero attached hydrogens (tertiary/aromatic N) is 3. The molecule has 0 aliphatic carbocycles. The van der Waals surface area contributed by atoms with Crippen molar-refractivity contribution in [3.05, 3.63) is 77.6 Å². The van der Waals surface area contributed by atoms with Crippen molar-refractivity contribution in [2.45, 2.75) is 38.4 Å². The first-order valence-electron chi connectivity index (χ1n) is 12.7. The van der Waals surface area contributed by atoms with Gasteiger partial charge in [0, 0.05) is 30.2 Å². The summed E-state index contributed by atoms with van der Waals surface area (Å²) < 4.78 is 44.4. The molecule has 1 fully saturated rings. The fourth-order valence-corrected chi connectivity index (χ4v) is 4.43. The number of ether oxygens (including phenoxy) is 1. The Hall–Kier alpha value is -3.66. The summed E-state index contributed by atoms with van der Waals surface area (Å²) in [6.45, 7) is 3.22. The summed E-state index contributed by atoms with van der Waals surface area (Å²) in [7, 11) is 2.16. The van der Waals surface area contributed by atoms with Crippen LogP contribution >= 0.6 is 0 Å². The number of aromatic nitrogens is 2. The summed E-state index contributed by atoms with van der Waals surface area (Å²) >= 11 is 0. The molecule has 1 aromatic carbocycles. The maximum absolute atomic E-state index is 12.9. The van der Waals surface area contributed by atoms with Crippen LogP contribution in [0.2, 0.25) is 0 Å². The Labute approximate surface area is 220 Å². The lowest BCUT2D eigenvalue weighted by Crippen LogP contribution is -2.30. The lowest BCUT2D eigenvalue weighted by atomic mass is 9.93.